The van der Waals surface area contributed by atoms with Gasteiger partial charge in [0.25, 0.3) is 0 Å². The predicted octanol–water partition coefficient (Wildman–Crippen LogP) is 9.59. The van der Waals surface area contributed by atoms with Gasteiger partial charge >= 0.3 is 0 Å². The van der Waals surface area contributed by atoms with Crippen LogP contribution in [-0.4, -0.2) is 29.5 Å². The number of fused-ring (bicyclic) bond motifs is 5. The summed E-state index contributed by atoms with van der Waals surface area (Å²) in [6.07, 6.45) is 19.2. The molecule has 0 amide bonds. The number of nitrogens with one attached hydrogen (secondary N) is 1. The number of allylic oxidation sites excluding steroid dienone is 5. The second-order valence-electron chi connectivity index (χ2n) is 14.5. The first-order chi connectivity index (χ1) is 22.6. The maximum Gasteiger partial charge on any atom is 0.141 e. The van der Waals surface area contributed by atoms with Gasteiger partial charge in [0.2, 0.25) is 0 Å². The van der Waals surface area contributed by atoms with E-state index in [-0.39, 0.29) is 5.41 Å². The van der Waals surface area contributed by atoms with Gasteiger partial charge in [-0.05, 0) is 111 Å². The van der Waals surface area contributed by atoms with Crippen molar-refractivity contribution in [3.8, 4) is 5.69 Å². The van der Waals surface area contributed by atoms with E-state index in [1.807, 2.05) is 0 Å². The second kappa shape index (κ2) is 11.0. The van der Waals surface area contributed by atoms with Gasteiger partial charge in [0.1, 0.15) is 5.82 Å². The Labute approximate surface area is 273 Å². The molecule has 0 bridgehead atoms. The molecule has 4 nitrogen and oxygen atoms in total. The third kappa shape index (κ3) is 4.41. The van der Waals surface area contributed by atoms with Crippen LogP contribution >= 0.6 is 0 Å². The standard InChI is InChI=1S/C42H44N4/c1-42(2)37-15-8-6-13-33(37)34-23-22-32(26-38(34)42)45(40-17-10-24-43-40)31-20-18-28(19-21-31)29-25-36-35-14-7-9-16-39(35)46(41(36)44-27-29)30-11-4-3-5-12-30/h3-5,7-9,11-12,14-16,18,22-23,26-27,29,31,40,43H,6,10,13,17,19-21,24-25H2,1-2H3. The molecule has 3 unspecified atom stereocenters. The number of hydrogen-bond acceptors (Lipinski definition) is 3. The molecule has 232 valence electrons. The van der Waals surface area contributed by atoms with Crippen molar-refractivity contribution >= 4 is 34.2 Å². The Morgan fingerprint density at radius 1 is 0.957 bits per heavy atom. The lowest BCUT2D eigenvalue weighted by molar-refractivity contribution is 0.443. The van der Waals surface area contributed by atoms with Crippen LogP contribution in [0, 0.1) is 5.92 Å². The van der Waals surface area contributed by atoms with Crippen molar-refractivity contribution in [2.75, 3.05) is 11.4 Å². The van der Waals surface area contributed by atoms with Crippen LogP contribution in [0.1, 0.15) is 75.5 Å². The molecule has 1 N–H and O–H groups in total. The molecule has 4 heteroatoms. The van der Waals surface area contributed by atoms with Crippen molar-refractivity contribution < 1.29 is 0 Å². The zero-order valence-electron chi connectivity index (χ0n) is 27.2. The molecule has 1 saturated heterocycles. The second-order valence-corrected chi connectivity index (χ2v) is 14.5. The largest absolute Gasteiger partial charge is 0.353 e. The van der Waals surface area contributed by atoms with Gasteiger partial charge in [0.05, 0.1) is 11.7 Å². The number of anilines is 1. The van der Waals surface area contributed by atoms with Crippen molar-refractivity contribution in [3.63, 3.8) is 0 Å². The normalized spacial score (nSPS) is 24.6. The van der Waals surface area contributed by atoms with Crippen molar-refractivity contribution in [2.45, 2.75) is 82.8 Å². The molecule has 3 atom stereocenters. The molecule has 0 radical (unpaired) electrons. The quantitative estimate of drug-likeness (QED) is 0.230. The Balaban J connectivity index is 1.00. The smallest absolute Gasteiger partial charge is 0.141 e. The average molecular weight is 605 g/mol. The number of rotatable bonds is 5. The van der Waals surface area contributed by atoms with E-state index >= 15 is 0 Å². The van der Waals surface area contributed by atoms with Crippen LogP contribution < -0.4 is 10.2 Å². The maximum atomic E-state index is 5.17. The molecular formula is C42H44N4. The Hall–Kier alpha value is -4.15. The Kier molecular flexibility index (Phi) is 6.71. The lowest BCUT2D eigenvalue weighted by Gasteiger charge is -2.41. The lowest BCUT2D eigenvalue weighted by Crippen LogP contribution is -2.49. The van der Waals surface area contributed by atoms with E-state index in [0.717, 1.165) is 38.0 Å². The lowest BCUT2D eigenvalue weighted by atomic mass is 9.79. The van der Waals surface area contributed by atoms with E-state index < -0.39 is 0 Å². The number of benzene rings is 3. The highest BCUT2D eigenvalue weighted by molar-refractivity contribution is 5.94. The third-order valence-electron chi connectivity index (χ3n) is 11.6. The summed E-state index contributed by atoms with van der Waals surface area (Å²) in [5.41, 5.74) is 13.0. The number of para-hydroxylation sites is 2. The highest BCUT2D eigenvalue weighted by atomic mass is 15.3. The zero-order valence-corrected chi connectivity index (χ0v) is 27.2. The van der Waals surface area contributed by atoms with Gasteiger partial charge < -0.3 is 4.90 Å². The van der Waals surface area contributed by atoms with Crippen molar-refractivity contribution in [1.29, 1.82) is 0 Å². The molecule has 4 aromatic rings. The minimum atomic E-state index is 0.0643. The van der Waals surface area contributed by atoms with E-state index in [1.165, 1.54) is 70.2 Å². The fraction of sp³-hybridized carbons (Fsp3) is 0.357. The first-order valence-corrected chi connectivity index (χ1v) is 17.6. The van der Waals surface area contributed by atoms with Crippen LogP contribution in [0.15, 0.2) is 107 Å². The van der Waals surface area contributed by atoms with E-state index in [1.54, 1.807) is 11.1 Å². The highest BCUT2D eigenvalue weighted by Crippen LogP contribution is 2.51. The molecule has 46 heavy (non-hydrogen) atoms. The monoisotopic (exact) mass is 604 g/mol. The van der Waals surface area contributed by atoms with Crippen LogP contribution in [0.25, 0.3) is 22.2 Å². The Morgan fingerprint density at radius 3 is 2.65 bits per heavy atom. The van der Waals surface area contributed by atoms with Crippen LogP contribution in [0.3, 0.4) is 0 Å². The van der Waals surface area contributed by atoms with Gasteiger partial charge in [0.15, 0.2) is 0 Å². The summed E-state index contributed by atoms with van der Waals surface area (Å²) >= 11 is 0. The van der Waals surface area contributed by atoms with Gasteiger partial charge in [0, 0.05) is 45.9 Å². The van der Waals surface area contributed by atoms with Crippen molar-refractivity contribution in [3.05, 3.63) is 119 Å². The summed E-state index contributed by atoms with van der Waals surface area (Å²) in [4.78, 5) is 7.94. The molecule has 3 aromatic carbocycles. The fourth-order valence-electron chi connectivity index (χ4n) is 9.26. The van der Waals surface area contributed by atoms with E-state index in [2.05, 4.69) is 126 Å². The molecule has 9 rings (SSSR count). The average Bonchev–Trinajstić information content (AvgIpc) is 3.80. The number of nitrogens with zero attached hydrogens (tertiary/aromatic N) is 3. The zero-order chi connectivity index (χ0) is 30.8. The van der Waals surface area contributed by atoms with Gasteiger partial charge in [-0.25, -0.2) is 4.99 Å². The van der Waals surface area contributed by atoms with E-state index in [4.69, 9.17) is 4.99 Å². The number of aliphatic imine (C=N–C) groups is 1. The van der Waals surface area contributed by atoms with Crippen LogP contribution in [-0.2, 0) is 11.8 Å². The topological polar surface area (TPSA) is 32.6 Å². The van der Waals surface area contributed by atoms with Gasteiger partial charge in [-0.3, -0.25) is 9.88 Å². The molecule has 5 aliphatic rings. The summed E-state index contributed by atoms with van der Waals surface area (Å²) in [6.45, 7) is 5.97. The van der Waals surface area contributed by atoms with Gasteiger partial charge in [-0.2, -0.15) is 0 Å². The van der Waals surface area contributed by atoms with E-state index in [9.17, 15) is 0 Å². The highest BCUT2D eigenvalue weighted by Gasteiger charge is 2.39. The minimum absolute atomic E-state index is 0.0643. The summed E-state index contributed by atoms with van der Waals surface area (Å²) in [5.74, 6) is 1.47. The molecular weight excluding hydrogens is 560 g/mol. The molecule has 3 heterocycles. The molecule has 1 fully saturated rings. The SMILES string of the molecule is CC1(C)C2=C(CCC=C2)c2ccc(N(C3CC=C(C4C=Nc5c(c6ccccc6n5-c5ccccc5)C4)CC3)C3CCCN3)cc21. The summed E-state index contributed by atoms with van der Waals surface area (Å²) < 4.78 is 2.34. The van der Waals surface area contributed by atoms with Crippen molar-refractivity contribution in [2.24, 2.45) is 10.9 Å². The van der Waals surface area contributed by atoms with Crippen LogP contribution in [0.2, 0.25) is 0 Å². The first-order valence-electron chi connectivity index (χ1n) is 17.6. The molecule has 0 spiro atoms. The summed E-state index contributed by atoms with van der Waals surface area (Å²) in [6, 6.07) is 27.5. The van der Waals surface area contributed by atoms with Crippen LogP contribution in [0.5, 0.6) is 0 Å². The fourth-order valence-corrected chi connectivity index (χ4v) is 9.26. The Morgan fingerprint density at radius 2 is 1.83 bits per heavy atom. The van der Waals surface area contributed by atoms with E-state index in [0.29, 0.717) is 18.1 Å². The van der Waals surface area contributed by atoms with Crippen molar-refractivity contribution in [1.82, 2.24) is 9.88 Å². The summed E-state index contributed by atoms with van der Waals surface area (Å²) in [5, 5.41) is 5.20. The predicted molar refractivity (Wildman–Crippen MR) is 193 cm³/mol. The molecule has 3 aliphatic carbocycles. The Bertz CT molecular complexity index is 1950. The molecule has 2 aliphatic heterocycles. The molecule has 1 aromatic heterocycles. The third-order valence-corrected chi connectivity index (χ3v) is 11.6. The molecule has 0 saturated carbocycles. The van der Waals surface area contributed by atoms with Crippen LogP contribution in [0.4, 0.5) is 11.5 Å². The first kappa shape index (κ1) is 28.1. The summed E-state index contributed by atoms with van der Waals surface area (Å²) in [7, 11) is 0. The number of aromatic nitrogens is 1. The van der Waals surface area contributed by atoms with Gasteiger partial charge in [-0.15, -0.1) is 0 Å². The number of hydrogen-bond donors (Lipinski definition) is 1. The maximum absolute atomic E-state index is 5.17. The minimum Gasteiger partial charge on any atom is -0.353 e. The van der Waals surface area contributed by atoms with Gasteiger partial charge in [-0.1, -0.05) is 80.1 Å².